The van der Waals surface area contributed by atoms with E-state index in [0.717, 1.165) is 23.5 Å². The van der Waals surface area contributed by atoms with Gasteiger partial charge >= 0.3 is 0 Å². The van der Waals surface area contributed by atoms with Gasteiger partial charge < -0.3 is 19.3 Å². The summed E-state index contributed by atoms with van der Waals surface area (Å²) in [5.74, 6) is 0.0343. The van der Waals surface area contributed by atoms with Gasteiger partial charge in [0.15, 0.2) is 0 Å². The first-order valence-corrected chi connectivity index (χ1v) is 7.19. The van der Waals surface area contributed by atoms with Crippen LogP contribution in [0.5, 0.6) is 0 Å². The van der Waals surface area contributed by atoms with Gasteiger partial charge in [-0.05, 0) is 33.8 Å². The predicted molar refractivity (Wildman–Crippen MR) is 76.9 cm³/mol. The minimum atomic E-state index is -0.273. The van der Waals surface area contributed by atoms with Crippen LogP contribution in [0.1, 0.15) is 35.6 Å². The van der Waals surface area contributed by atoms with Gasteiger partial charge in [0.05, 0.1) is 30.9 Å². The Kier molecular flexibility index (Phi) is 4.50. The van der Waals surface area contributed by atoms with E-state index in [2.05, 4.69) is 11.5 Å². The third-order valence-electron chi connectivity index (χ3n) is 4.09. The Morgan fingerprint density at radius 3 is 2.75 bits per heavy atom. The van der Waals surface area contributed by atoms with Crippen molar-refractivity contribution in [2.75, 3.05) is 19.8 Å². The molecule has 2 rings (SSSR count). The number of amides is 1. The van der Waals surface area contributed by atoms with E-state index >= 15 is 0 Å². The van der Waals surface area contributed by atoms with E-state index in [9.17, 15) is 9.90 Å². The molecule has 0 aliphatic carbocycles. The molecule has 5 heteroatoms. The summed E-state index contributed by atoms with van der Waals surface area (Å²) in [6.07, 6.45) is -0.273. The molecule has 2 heterocycles. The van der Waals surface area contributed by atoms with Gasteiger partial charge in [-0.2, -0.15) is 0 Å². The highest BCUT2D eigenvalue weighted by Crippen LogP contribution is 2.20. The Labute approximate surface area is 120 Å². The quantitative estimate of drug-likeness (QED) is 0.909. The molecule has 1 amide bonds. The van der Waals surface area contributed by atoms with Crippen LogP contribution in [0.4, 0.5) is 0 Å². The van der Waals surface area contributed by atoms with Gasteiger partial charge in [0.25, 0.3) is 5.91 Å². The van der Waals surface area contributed by atoms with Gasteiger partial charge in [0, 0.05) is 24.5 Å². The number of morpholine rings is 1. The highest BCUT2D eigenvalue weighted by atomic mass is 16.5. The van der Waals surface area contributed by atoms with E-state index in [-0.39, 0.29) is 24.7 Å². The fraction of sp³-hybridized carbons (Fsp3) is 0.667. The number of ether oxygens (including phenoxy) is 1. The third-order valence-corrected chi connectivity index (χ3v) is 4.09. The zero-order chi connectivity index (χ0) is 14.9. The van der Waals surface area contributed by atoms with Crippen LogP contribution in [0.3, 0.4) is 0 Å². The molecule has 1 aliphatic heterocycles. The van der Waals surface area contributed by atoms with Crippen LogP contribution in [-0.2, 0) is 11.3 Å². The number of rotatable bonds is 3. The topological polar surface area (TPSA) is 54.7 Å². The number of nitrogens with zero attached hydrogens (tertiary/aromatic N) is 2. The maximum Gasteiger partial charge on any atom is 0.256 e. The summed E-state index contributed by atoms with van der Waals surface area (Å²) in [6, 6.07) is 1.99. The largest absolute Gasteiger partial charge is 0.394 e. The van der Waals surface area contributed by atoms with Crippen molar-refractivity contribution in [3.05, 3.63) is 23.0 Å². The first kappa shape index (κ1) is 15.1. The standard InChI is InChI=1S/C15H24N2O3/c1-5-16-10(2)6-14(12(16)4)15(19)17-7-13(8-18)20-9-11(17)3/h6,11,13,18H,5,7-9H2,1-4H3. The fourth-order valence-electron chi connectivity index (χ4n) is 2.87. The van der Waals surface area contributed by atoms with Crippen molar-refractivity contribution in [3.8, 4) is 0 Å². The van der Waals surface area contributed by atoms with E-state index in [0.29, 0.717) is 13.2 Å². The van der Waals surface area contributed by atoms with E-state index in [1.54, 1.807) is 0 Å². The molecule has 0 spiro atoms. The maximum absolute atomic E-state index is 12.7. The summed E-state index contributed by atoms with van der Waals surface area (Å²) in [5, 5.41) is 9.22. The Bertz CT molecular complexity index is 496. The lowest BCUT2D eigenvalue weighted by molar-refractivity contribution is -0.0667. The minimum Gasteiger partial charge on any atom is -0.394 e. The molecule has 1 N–H and O–H groups in total. The van der Waals surface area contributed by atoms with Gasteiger partial charge in [-0.25, -0.2) is 0 Å². The van der Waals surface area contributed by atoms with Gasteiger partial charge in [-0.15, -0.1) is 0 Å². The summed E-state index contributed by atoms with van der Waals surface area (Å²) in [4.78, 5) is 14.6. The van der Waals surface area contributed by atoms with E-state index in [1.807, 2.05) is 31.7 Å². The number of carbonyl (C=O) groups is 1. The lowest BCUT2D eigenvalue weighted by Crippen LogP contribution is -2.52. The Morgan fingerprint density at radius 2 is 2.20 bits per heavy atom. The smallest absolute Gasteiger partial charge is 0.256 e. The minimum absolute atomic E-state index is 0.0343. The summed E-state index contributed by atoms with van der Waals surface area (Å²) in [6.45, 7) is 9.80. The molecule has 0 saturated carbocycles. The fourth-order valence-corrected chi connectivity index (χ4v) is 2.87. The van der Waals surface area contributed by atoms with Crippen molar-refractivity contribution in [1.29, 1.82) is 0 Å². The van der Waals surface area contributed by atoms with Crippen LogP contribution in [0.2, 0.25) is 0 Å². The number of aliphatic hydroxyl groups is 1. The summed E-state index contributed by atoms with van der Waals surface area (Å²) >= 11 is 0. The van der Waals surface area contributed by atoms with Gasteiger partial charge in [0.1, 0.15) is 0 Å². The number of hydrogen-bond donors (Lipinski definition) is 1. The van der Waals surface area contributed by atoms with Crippen molar-refractivity contribution >= 4 is 5.91 Å². The second-order valence-electron chi connectivity index (χ2n) is 5.47. The predicted octanol–water partition coefficient (Wildman–Crippen LogP) is 1.35. The van der Waals surface area contributed by atoms with E-state index in [4.69, 9.17) is 4.74 Å². The molecule has 0 bridgehead atoms. The number of aliphatic hydroxyl groups excluding tert-OH is 1. The molecule has 0 radical (unpaired) electrons. The molecule has 1 saturated heterocycles. The molecule has 1 aromatic rings. The first-order chi connectivity index (χ1) is 9.49. The van der Waals surface area contributed by atoms with Crippen LogP contribution in [0.15, 0.2) is 6.07 Å². The number of hydrogen-bond acceptors (Lipinski definition) is 3. The van der Waals surface area contributed by atoms with Gasteiger partial charge in [-0.1, -0.05) is 0 Å². The van der Waals surface area contributed by atoms with Crippen LogP contribution in [0, 0.1) is 13.8 Å². The molecule has 5 nitrogen and oxygen atoms in total. The summed E-state index contributed by atoms with van der Waals surface area (Å²) in [5.41, 5.74) is 2.87. The van der Waals surface area contributed by atoms with Gasteiger partial charge in [0.2, 0.25) is 0 Å². The van der Waals surface area contributed by atoms with Crippen molar-refractivity contribution < 1.29 is 14.6 Å². The highest BCUT2D eigenvalue weighted by molar-refractivity contribution is 5.96. The normalized spacial score (nSPS) is 23.1. The second kappa shape index (κ2) is 5.97. The molecule has 0 aromatic carbocycles. The summed E-state index contributed by atoms with van der Waals surface area (Å²) in [7, 11) is 0. The molecular formula is C15H24N2O3. The van der Waals surface area contributed by atoms with Crippen LogP contribution in [0.25, 0.3) is 0 Å². The monoisotopic (exact) mass is 280 g/mol. The lowest BCUT2D eigenvalue weighted by Gasteiger charge is -2.37. The highest BCUT2D eigenvalue weighted by Gasteiger charge is 2.31. The van der Waals surface area contributed by atoms with Crippen molar-refractivity contribution in [1.82, 2.24) is 9.47 Å². The average Bonchev–Trinajstić information content (AvgIpc) is 2.73. The van der Waals surface area contributed by atoms with E-state index < -0.39 is 0 Å². The average molecular weight is 280 g/mol. The van der Waals surface area contributed by atoms with Crippen molar-refractivity contribution in [2.24, 2.45) is 0 Å². The molecule has 2 unspecified atom stereocenters. The zero-order valence-corrected chi connectivity index (χ0v) is 12.7. The molecule has 1 fully saturated rings. The van der Waals surface area contributed by atoms with E-state index in [1.165, 1.54) is 0 Å². The number of carbonyl (C=O) groups excluding carboxylic acids is 1. The SMILES string of the molecule is CCn1c(C)cc(C(=O)N2CC(CO)OCC2C)c1C. The molecule has 20 heavy (non-hydrogen) atoms. The Morgan fingerprint density at radius 1 is 1.50 bits per heavy atom. The van der Waals surface area contributed by atoms with Crippen molar-refractivity contribution in [3.63, 3.8) is 0 Å². The van der Waals surface area contributed by atoms with Crippen molar-refractivity contribution in [2.45, 2.75) is 46.4 Å². The second-order valence-corrected chi connectivity index (χ2v) is 5.47. The molecule has 1 aliphatic rings. The zero-order valence-electron chi connectivity index (χ0n) is 12.7. The first-order valence-electron chi connectivity index (χ1n) is 7.19. The van der Waals surface area contributed by atoms with Crippen LogP contribution in [-0.4, -0.2) is 52.4 Å². The summed E-state index contributed by atoms with van der Waals surface area (Å²) < 4.78 is 7.63. The lowest BCUT2D eigenvalue weighted by atomic mass is 10.1. The van der Waals surface area contributed by atoms with Crippen LogP contribution >= 0.6 is 0 Å². The Hall–Kier alpha value is -1.33. The van der Waals surface area contributed by atoms with Gasteiger partial charge in [-0.3, -0.25) is 4.79 Å². The third kappa shape index (κ3) is 2.60. The number of aromatic nitrogens is 1. The van der Waals surface area contributed by atoms with Crippen LogP contribution < -0.4 is 0 Å². The molecule has 112 valence electrons. The molecule has 2 atom stereocenters. The number of aryl methyl sites for hydroxylation is 1. The maximum atomic E-state index is 12.7. The molecular weight excluding hydrogens is 256 g/mol. The molecule has 1 aromatic heterocycles. The Balaban J connectivity index is 2.26.